The Morgan fingerprint density at radius 2 is 1.83 bits per heavy atom. The van der Waals surface area contributed by atoms with Crippen molar-refractivity contribution in [3.8, 4) is 0 Å². The van der Waals surface area contributed by atoms with E-state index >= 15 is 0 Å². The second-order valence-corrected chi connectivity index (χ2v) is 8.81. The van der Waals surface area contributed by atoms with Crippen LogP contribution in [0.25, 0.3) is 0 Å². The third kappa shape index (κ3) is 4.09. The van der Waals surface area contributed by atoms with E-state index in [-0.39, 0.29) is 47.3 Å². The Kier molecular flexibility index (Phi) is 5.87. The molecule has 0 radical (unpaired) electrons. The fourth-order valence-corrected chi connectivity index (χ4v) is 5.02. The van der Waals surface area contributed by atoms with Crippen LogP contribution < -0.4 is 0 Å². The molecule has 2 aromatic carbocycles. The molecular weight excluding hydrogens is 425 g/mol. The van der Waals surface area contributed by atoms with Crippen molar-refractivity contribution in [2.75, 3.05) is 26.2 Å². The maximum Gasteiger partial charge on any atom is 0.270 e. The first kappa shape index (κ1) is 21.2. The van der Waals surface area contributed by atoms with Gasteiger partial charge in [-0.25, -0.2) is 12.8 Å². The van der Waals surface area contributed by atoms with Gasteiger partial charge in [0, 0.05) is 38.3 Å². The topological polar surface area (TPSA) is 101 Å². The molecule has 0 spiro atoms. The first-order valence-corrected chi connectivity index (χ1v) is 10.4. The normalized spacial score (nSPS) is 15.3. The molecule has 0 aliphatic carbocycles. The van der Waals surface area contributed by atoms with E-state index in [1.807, 2.05) is 0 Å². The average molecular weight is 442 g/mol. The summed E-state index contributed by atoms with van der Waals surface area (Å²) in [7, 11) is -3.99. The van der Waals surface area contributed by atoms with Gasteiger partial charge in [0.2, 0.25) is 10.0 Å². The van der Waals surface area contributed by atoms with Crippen molar-refractivity contribution >= 4 is 33.2 Å². The minimum atomic E-state index is -3.99. The average Bonchev–Trinajstić information content (AvgIpc) is 2.67. The Balaban J connectivity index is 1.79. The number of sulfonamides is 1. The summed E-state index contributed by atoms with van der Waals surface area (Å²) in [5, 5.41) is 11.0. The molecular formula is C18H17ClFN3O5S. The number of nitro groups is 1. The zero-order chi connectivity index (χ0) is 21.3. The van der Waals surface area contributed by atoms with E-state index in [1.54, 1.807) is 6.92 Å². The molecule has 0 aromatic heterocycles. The van der Waals surface area contributed by atoms with Crippen molar-refractivity contribution in [3.05, 3.63) is 68.5 Å². The van der Waals surface area contributed by atoms with Crippen LogP contribution in [0.15, 0.2) is 41.3 Å². The number of piperazine rings is 1. The number of non-ortho nitro benzene ring substituents is 1. The molecule has 1 saturated heterocycles. The van der Waals surface area contributed by atoms with Crippen molar-refractivity contribution in [1.29, 1.82) is 0 Å². The zero-order valence-electron chi connectivity index (χ0n) is 15.3. The molecule has 11 heteroatoms. The zero-order valence-corrected chi connectivity index (χ0v) is 16.9. The molecule has 29 heavy (non-hydrogen) atoms. The molecule has 0 bridgehead atoms. The number of amides is 1. The van der Waals surface area contributed by atoms with Gasteiger partial charge in [0.15, 0.2) is 0 Å². The summed E-state index contributed by atoms with van der Waals surface area (Å²) < 4.78 is 41.1. The van der Waals surface area contributed by atoms with E-state index in [9.17, 15) is 27.7 Å². The lowest BCUT2D eigenvalue weighted by Gasteiger charge is -2.34. The van der Waals surface area contributed by atoms with Crippen LogP contribution in [-0.2, 0) is 10.0 Å². The molecule has 1 aliphatic heterocycles. The quantitative estimate of drug-likeness (QED) is 0.536. The van der Waals surface area contributed by atoms with Crippen molar-refractivity contribution in [2.24, 2.45) is 0 Å². The van der Waals surface area contributed by atoms with Crippen LogP contribution in [0.1, 0.15) is 15.9 Å². The fraction of sp³-hybridized carbons (Fsp3) is 0.278. The van der Waals surface area contributed by atoms with Gasteiger partial charge in [-0.3, -0.25) is 14.9 Å². The number of nitrogens with zero attached hydrogens (tertiary/aromatic N) is 3. The largest absolute Gasteiger partial charge is 0.336 e. The minimum Gasteiger partial charge on any atom is -0.336 e. The summed E-state index contributed by atoms with van der Waals surface area (Å²) in [6.45, 7) is 1.58. The van der Waals surface area contributed by atoms with E-state index in [2.05, 4.69) is 0 Å². The van der Waals surface area contributed by atoms with Crippen molar-refractivity contribution in [3.63, 3.8) is 0 Å². The third-order valence-electron chi connectivity index (χ3n) is 4.70. The number of carbonyl (C=O) groups is 1. The number of nitro benzene ring substituents is 1. The SMILES string of the molecule is Cc1ccc([N+](=O)[O-])cc1S(=O)(=O)N1CCN(C(=O)c2c(F)cccc2Cl)CC1. The lowest BCUT2D eigenvalue weighted by atomic mass is 10.1. The Bertz CT molecular complexity index is 1060. The highest BCUT2D eigenvalue weighted by Gasteiger charge is 2.33. The van der Waals surface area contributed by atoms with Gasteiger partial charge >= 0.3 is 0 Å². The number of carbonyl (C=O) groups excluding carboxylic acids is 1. The number of hydrogen-bond acceptors (Lipinski definition) is 5. The molecule has 0 N–H and O–H groups in total. The highest BCUT2D eigenvalue weighted by Crippen LogP contribution is 2.26. The molecule has 8 nitrogen and oxygen atoms in total. The molecule has 0 atom stereocenters. The Morgan fingerprint density at radius 3 is 2.41 bits per heavy atom. The van der Waals surface area contributed by atoms with Gasteiger partial charge < -0.3 is 4.90 Å². The van der Waals surface area contributed by atoms with Gasteiger partial charge in [0.25, 0.3) is 11.6 Å². The molecule has 1 fully saturated rings. The third-order valence-corrected chi connectivity index (χ3v) is 7.06. The summed E-state index contributed by atoms with van der Waals surface area (Å²) in [5.74, 6) is -1.36. The summed E-state index contributed by atoms with van der Waals surface area (Å²) in [6.07, 6.45) is 0. The van der Waals surface area contributed by atoms with E-state index < -0.39 is 26.7 Å². The summed E-state index contributed by atoms with van der Waals surface area (Å²) in [5.41, 5.74) is -0.190. The van der Waals surface area contributed by atoms with Crippen LogP contribution in [0.3, 0.4) is 0 Å². The predicted octanol–water partition coefficient (Wildman–Crippen LogP) is 2.84. The van der Waals surface area contributed by atoms with E-state index in [0.717, 1.165) is 16.4 Å². The van der Waals surface area contributed by atoms with Crippen LogP contribution in [0.4, 0.5) is 10.1 Å². The Hall–Kier alpha value is -2.56. The number of hydrogen-bond donors (Lipinski definition) is 0. The van der Waals surface area contributed by atoms with Crippen LogP contribution in [-0.4, -0.2) is 54.6 Å². The smallest absolute Gasteiger partial charge is 0.270 e. The van der Waals surface area contributed by atoms with Crippen molar-refractivity contribution in [2.45, 2.75) is 11.8 Å². The minimum absolute atomic E-state index is 0.0164. The maximum atomic E-state index is 14.0. The first-order chi connectivity index (χ1) is 13.6. The lowest BCUT2D eigenvalue weighted by molar-refractivity contribution is -0.385. The van der Waals surface area contributed by atoms with Crippen LogP contribution in [0, 0.1) is 22.9 Å². The number of halogens is 2. The fourth-order valence-electron chi connectivity index (χ4n) is 3.11. The van der Waals surface area contributed by atoms with E-state index in [1.165, 1.54) is 29.2 Å². The monoisotopic (exact) mass is 441 g/mol. The van der Waals surface area contributed by atoms with Crippen molar-refractivity contribution in [1.82, 2.24) is 9.21 Å². The van der Waals surface area contributed by atoms with Crippen molar-refractivity contribution < 1.29 is 22.5 Å². The molecule has 3 rings (SSSR count). The summed E-state index contributed by atoms with van der Waals surface area (Å²) >= 11 is 5.93. The number of aryl methyl sites for hydroxylation is 1. The predicted molar refractivity (Wildman–Crippen MR) is 104 cm³/mol. The van der Waals surface area contributed by atoms with Gasteiger partial charge in [0.1, 0.15) is 5.82 Å². The molecule has 1 heterocycles. The number of benzene rings is 2. The van der Waals surface area contributed by atoms with Gasteiger partial charge in [-0.05, 0) is 24.6 Å². The van der Waals surface area contributed by atoms with Gasteiger partial charge in [-0.2, -0.15) is 4.31 Å². The van der Waals surface area contributed by atoms with Crippen LogP contribution in [0.5, 0.6) is 0 Å². The van der Waals surface area contributed by atoms with Gasteiger partial charge in [-0.1, -0.05) is 23.7 Å². The highest BCUT2D eigenvalue weighted by atomic mass is 35.5. The summed E-state index contributed by atoms with van der Waals surface area (Å²) in [4.78, 5) is 24.1. The lowest BCUT2D eigenvalue weighted by Crippen LogP contribution is -2.50. The Labute approximate surface area is 171 Å². The van der Waals surface area contributed by atoms with E-state index in [4.69, 9.17) is 11.6 Å². The maximum absolute atomic E-state index is 14.0. The second-order valence-electron chi connectivity index (χ2n) is 6.50. The second kappa shape index (κ2) is 8.05. The molecule has 0 saturated carbocycles. The highest BCUT2D eigenvalue weighted by molar-refractivity contribution is 7.89. The van der Waals surface area contributed by atoms with Crippen LogP contribution >= 0.6 is 11.6 Å². The standard InChI is InChI=1S/C18H17ClFN3O5S/c1-12-5-6-13(23(25)26)11-16(12)29(27,28)22-9-7-21(8-10-22)18(24)17-14(19)3-2-4-15(17)20/h2-6,11H,7-10H2,1H3. The van der Waals surface area contributed by atoms with Crippen LogP contribution in [0.2, 0.25) is 5.02 Å². The number of rotatable bonds is 4. The molecule has 1 aliphatic rings. The van der Waals surface area contributed by atoms with Gasteiger partial charge in [-0.15, -0.1) is 0 Å². The van der Waals surface area contributed by atoms with E-state index in [0.29, 0.717) is 5.56 Å². The molecule has 1 amide bonds. The summed E-state index contributed by atoms with van der Waals surface area (Å²) in [6, 6.07) is 7.57. The Morgan fingerprint density at radius 1 is 1.17 bits per heavy atom. The molecule has 154 valence electrons. The first-order valence-electron chi connectivity index (χ1n) is 8.61. The molecule has 2 aromatic rings. The molecule has 0 unspecified atom stereocenters. The van der Waals surface area contributed by atoms with Gasteiger partial charge in [0.05, 0.1) is 20.4 Å².